The van der Waals surface area contributed by atoms with Gasteiger partial charge in [0.1, 0.15) is 12.3 Å². The predicted molar refractivity (Wildman–Crippen MR) is 77.1 cm³/mol. The Morgan fingerprint density at radius 1 is 1.09 bits per heavy atom. The number of hydrogen-bond acceptors (Lipinski definition) is 6. The lowest BCUT2D eigenvalue weighted by Crippen LogP contribution is -2.38. The van der Waals surface area contributed by atoms with Crippen molar-refractivity contribution in [2.24, 2.45) is 0 Å². The molecule has 1 aliphatic heterocycles. The van der Waals surface area contributed by atoms with Crippen molar-refractivity contribution >= 4 is 18.7 Å². The van der Waals surface area contributed by atoms with Crippen LogP contribution in [0.2, 0.25) is 0 Å². The zero-order valence-electron chi connectivity index (χ0n) is 11.8. The maximum atomic E-state index is 11.4. The number of benzene rings is 1. The normalized spacial score (nSPS) is 13.5. The minimum atomic E-state index is 0.0625. The molecule has 0 fully saturated rings. The zero-order valence-corrected chi connectivity index (χ0v) is 11.8. The van der Waals surface area contributed by atoms with E-state index in [0.717, 1.165) is 6.41 Å². The Morgan fingerprint density at radius 3 is 2.36 bits per heavy atom. The summed E-state index contributed by atoms with van der Waals surface area (Å²) in [5, 5.41) is 11.3. The van der Waals surface area contributed by atoms with Crippen LogP contribution in [0.5, 0.6) is 0 Å². The molecule has 1 aromatic carbocycles. The highest BCUT2D eigenvalue weighted by Crippen LogP contribution is 2.25. The number of aromatic nitrogens is 2. The van der Waals surface area contributed by atoms with E-state index in [0.29, 0.717) is 31.1 Å². The van der Waals surface area contributed by atoms with Gasteiger partial charge in [0.15, 0.2) is 5.82 Å². The van der Waals surface area contributed by atoms with Gasteiger partial charge in [-0.25, -0.2) is 10.0 Å². The molecule has 0 N–H and O–H groups in total. The van der Waals surface area contributed by atoms with Crippen LogP contribution in [0.1, 0.15) is 16.8 Å². The van der Waals surface area contributed by atoms with E-state index < -0.39 is 0 Å². The van der Waals surface area contributed by atoms with Crippen molar-refractivity contribution in [2.75, 3.05) is 5.01 Å². The van der Waals surface area contributed by atoms with E-state index >= 15 is 0 Å². The summed E-state index contributed by atoms with van der Waals surface area (Å²) in [4.78, 5) is 21.6. The molecule has 0 spiro atoms. The third-order valence-corrected chi connectivity index (χ3v) is 3.47. The summed E-state index contributed by atoms with van der Waals surface area (Å²) in [6.07, 6.45) is 0.720. The van der Waals surface area contributed by atoms with Crippen LogP contribution in [0.3, 0.4) is 0 Å². The average Bonchev–Trinajstić information content (AvgIpc) is 2.98. The van der Waals surface area contributed by atoms with Crippen LogP contribution in [-0.4, -0.2) is 28.1 Å². The van der Waals surface area contributed by atoms with Gasteiger partial charge in [-0.15, -0.1) is 10.2 Å². The van der Waals surface area contributed by atoms with E-state index in [1.54, 1.807) is 12.1 Å². The molecule has 0 unspecified atom stereocenters. The van der Waals surface area contributed by atoms with Crippen LogP contribution in [0.4, 0.5) is 5.82 Å². The topological polar surface area (TPSA) is 75.6 Å². The highest BCUT2D eigenvalue weighted by molar-refractivity contribution is 5.71. The number of anilines is 1. The van der Waals surface area contributed by atoms with Gasteiger partial charge in [-0.05, 0) is 23.3 Å². The third-order valence-electron chi connectivity index (χ3n) is 3.47. The smallest absolute Gasteiger partial charge is 0.293 e. The second-order valence-electron chi connectivity index (χ2n) is 4.83. The molecule has 2 aromatic rings. The number of rotatable bonds is 6. The van der Waals surface area contributed by atoms with Gasteiger partial charge in [0.25, 0.3) is 6.47 Å². The van der Waals surface area contributed by atoms with Gasteiger partial charge >= 0.3 is 0 Å². The SMILES string of the molecule is O=COCc1ccc(N(C=O)N2Cc3ccccc3C2)nn1. The Bertz CT molecular complexity index is 650. The quantitative estimate of drug-likeness (QED) is 0.742. The number of hydrazine groups is 1. The number of carbonyl (C=O) groups is 2. The van der Waals surface area contributed by atoms with Gasteiger partial charge < -0.3 is 4.74 Å². The Morgan fingerprint density at radius 2 is 1.82 bits per heavy atom. The van der Waals surface area contributed by atoms with Crippen LogP contribution in [0.15, 0.2) is 36.4 Å². The van der Waals surface area contributed by atoms with Crippen LogP contribution in [-0.2, 0) is 34.0 Å². The molecule has 3 rings (SSSR count). The van der Waals surface area contributed by atoms with Gasteiger partial charge in [0, 0.05) is 13.1 Å². The minimum absolute atomic E-state index is 0.0625. The van der Waals surface area contributed by atoms with Crippen molar-refractivity contribution in [1.29, 1.82) is 0 Å². The fraction of sp³-hybridized carbons (Fsp3) is 0.200. The summed E-state index contributed by atoms with van der Waals surface area (Å²) >= 11 is 0. The molecule has 0 saturated heterocycles. The van der Waals surface area contributed by atoms with Crippen LogP contribution >= 0.6 is 0 Å². The van der Waals surface area contributed by atoms with E-state index in [1.165, 1.54) is 16.1 Å². The van der Waals surface area contributed by atoms with Crippen molar-refractivity contribution in [3.8, 4) is 0 Å². The summed E-state index contributed by atoms with van der Waals surface area (Å²) in [6.45, 7) is 1.71. The fourth-order valence-corrected chi connectivity index (χ4v) is 2.40. The number of carbonyl (C=O) groups excluding carboxylic acids is 2. The molecular formula is C15H14N4O3. The molecule has 1 amide bonds. The Kier molecular flexibility index (Phi) is 4.06. The van der Waals surface area contributed by atoms with E-state index in [9.17, 15) is 9.59 Å². The average molecular weight is 298 g/mol. The molecule has 7 nitrogen and oxygen atoms in total. The number of nitrogens with zero attached hydrogens (tertiary/aromatic N) is 4. The predicted octanol–water partition coefficient (Wildman–Crippen LogP) is 1.04. The Hall–Kier alpha value is -2.80. The lowest BCUT2D eigenvalue weighted by atomic mass is 10.1. The zero-order chi connectivity index (χ0) is 15.4. The maximum Gasteiger partial charge on any atom is 0.293 e. The van der Waals surface area contributed by atoms with Gasteiger partial charge in [-0.1, -0.05) is 24.3 Å². The number of amides is 1. The van der Waals surface area contributed by atoms with Crippen molar-refractivity contribution in [3.05, 3.63) is 53.2 Å². The molecule has 22 heavy (non-hydrogen) atoms. The van der Waals surface area contributed by atoms with Crippen LogP contribution in [0, 0.1) is 0 Å². The van der Waals surface area contributed by atoms with Crippen LogP contribution in [0.25, 0.3) is 0 Å². The maximum absolute atomic E-state index is 11.4. The minimum Gasteiger partial charge on any atom is -0.461 e. The summed E-state index contributed by atoms with van der Waals surface area (Å²) in [6, 6.07) is 11.4. The van der Waals surface area contributed by atoms with Crippen LogP contribution < -0.4 is 5.01 Å². The number of fused-ring (bicyclic) bond motifs is 1. The molecule has 7 heteroatoms. The third kappa shape index (κ3) is 2.79. The summed E-state index contributed by atoms with van der Waals surface area (Å²) in [5.41, 5.74) is 2.91. The van der Waals surface area contributed by atoms with Crippen molar-refractivity contribution in [1.82, 2.24) is 15.2 Å². The van der Waals surface area contributed by atoms with Gasteiger partial charge in [0.05, 0.1) is 0 Å². The first kappa shape index (κ1) is 14.2. The first-order chi connectivity index (χ1) is 10.8. The van der Waals surface area contributed by atoms with Gasteiger partial charge in [0.2, 0.25) is 6.41 Å². The van der Waals surface area contributed by atoms with E-state index in [-0.39, 0.29) is 6.61 Å². The standard InChI is InChI=1S/C15H14N4O3/c20-10-19(15-6-5-14(16-17-15)9-22-11-21)18-7-12-3-1-2-4-13(12)8-18/h1-6,10-11H,7-9H2. The van der Waals surface area contributed by atoms with Gasteiger partial charge in [-0.3, -0.25) is 9.59 Å². The molecule has 1 aromatic heterocycles. The fourth-order valence-electron chi connectivity index (χ4n) is 2.40. The molecule has 0 saturated carbocycles. The van der Waals surface area contributed by atoms with E-state index in [1.807, 2.05) is 29.3 Å². The monoisotopic (exact) mass is 298 g/mol. The first-order valence-corrected chi connectivity index (χ1v) is 6.76. The van der Waals surface area contributed by atoms with Gasteiger partial charge in [-0.2, -0.15) is 0 Å². The lowest BCUT2D eigenvalue weighted by molar-refractivity contribution is -0.129. The van der Waals surface area contributed by atoms with E-state index in [4.69, 9.17) is 0 Å². The number of hydrogen-bond donors (Lipinski definition) is 0. The Labute approximate surface area is 127 Å². The second kappa shape index (κ2) is 6.31. The van der Waals surface area contributed by atoms with Crippen molar-refractivity contribution in [2.45, 2.75) is 19.7 Å². The van der Waals surface area contributed by atoms with Crippen molar-refractivity contribution in [3.63, 3.8) is 0 Å². The summed E-state index contributed by atoms with van der Waals surface area (Å²) < 4.78 is 4.61. The molecule has 0 aliphatic carbocycles. The van der Waals surface area contributed by atoms with E-state index in [2.05, 4.69) is 14.9 Å². The highest BCUT2D eigenvalue weighted by Gasteiger charge is 2.25. The largest absolute Gasteiger partial charge is 0.461 e. The molecule has 112 valence electrons. The molecule has 0 atom stereocenters. The molecule has 0 bridgehead atoms. The molecule has 1 aliphatic rings. The summed E-state index contributed by atoms with van der Waals surface area (Å²) in [7, 11) is 0. The molecular weight excluding hydrogens is 284 g/mol. The molecule has 0 radical (unpaired) electrons. The Balaban J connectivity index is 1.75. The summed E-state index contributed by atoms with van der Waals surface area (Å²) in [5.74, 6) is 0.428. The number of ether oxygens (including phenoxy) is 1. The van der Waals surface area contributed by atoms with Crippen molar-refractivity contribution < 1.29 is 14.3 Å². The lowest BCUT2D eigenvalue weighted by Gasteiger charge is -2.26. The second-order valence-corrected chi connectivity index (χ2v) is 4.83. The molecule has 2 heterocycles. The highest BCUT2D eigenvalue weighted by atomic mass is 16.5. The first-order valence-electron chi connectivity index (χ1n) is 6.76.